The van der Waals surface area contributed by atoms with Gasteiger partial charge in [0.25, 0.3) is 0 Å². The Labute approximate surface area is 114 Å². The number of carbonyl (C=O) groups is 1. The van der Waals surface area contributed by atoms with Crippen molar-refractivity contribution >= 4 is 40.1 Å². The smallest absolute Gasteiger partial charge is 0.338 e. The van der Waals surface area contributed by atoms with Crippen LogP contribution in [0.1, 0.15) is 24.2 Å². The average molecular weight is 285 g/mol. The zero-order valence-electron chi connectivity index (χ0n) is 9.78. The number of hydrogen-bond acceptors (Lipinski definition) is 4. The molecule has 0 aliphatic carbocycles. The molecular weight excluding hydrogens is 275 g/mol. The van der Waals surface area contributed by atoms with E-state index >= 15 is 0 Å². The number of hydrogen-bond donors (Lipinski definition) is 0. The number of rotatable bonds is 2. The molecule has 0 saturated heterocycles. The van der Waals surface area contributed by atoms with E-state index in [0.717, 1.165) is 0 Å². The molecule has 6 heteroatoms. The average Bonchev–Trinajstić information content (AvgIpc) is 2.27. The lowest BCUT2D eigenvalue weighted by molar-refractivity contribution is 0.0378. The zero-order valence-corrected chi connectivity index (χ0v) is 11.3. The minimum atomic E-state index is -0.405. The predicted molar refractivity (Wildman–Crippen MR) is 70.1 cm³/mol. The van der Waals surface area contributed by atoms with Gasteiger partial charge >= 0.3 is 5.97 Å². The fraction of sp³-hybridized carbons (Fsp3) is 0.250. The second-order valence-corrected chi connectivity index (χ2v) is 4.67. The van der Waals surface area contributed by atoms with Gasteiger partial charge in [-0.05, 0) is 43.6 Å². The van der Waals surface area contributed by atoms with Crippen LogP contribution in [0.25, 0.3) is 10.9 Å². The molecule has 0 saturated carbocycles. The number of fused-ring (bicyclic) bond motifs is 1. The fourth-order valence-electron chi connectivity index (χ4n) is 1.47. The summed E-state index contributed by atoms with van der Waals surface area (Å²) in [5, 5.41) is 0.855. The molecule has 4 nitrogen and oxygen atoms in total. The number of halogens is 2. The maximum absolute atomic E-state index is 11.7. The van der Waals surface area contributed by atoms with Crippen molar-refractivity contribution in [3.63, 3.8) is 0 Å². The van der Waals surface area contributed by atoms with Crippen LogP contribution in [0.5, 0.6) is 0 Å². The highest BCUT2D eigenvalue weighted by atomic mass is 35.5. The summed E-state index contributed by atoms with van der Waals surface area (Å²) >= 11 is 11.7. The summed E-state index contributed by atoms with van der Waals surface area (Å²) in [5.74, 6) is -0.405. The van der Waals surface area contributed by atoms with Gasteiger partial charge in [-0.3, -0.25) is 0 Å². The van der Waals surface area contributed by atoms with Gasteiger partial charge in [0, 0.05) is 5.39 Å². The fourth-order valence-corrected chi connectivity index (χ4v) is 1.92. The van der Waals surface area contributed by atoms with Crippen LogP contribution in [0.2, 0.25) is 10.4 Å². The van der Waals surface area contributed by atoms with Crippen LogP contribution in [0.3, 0.4) is 0 Å². The molecule has 0 bridgehead atoms. The Hall–Kier alpha value is -1.39. The standard InChI is InChI=1S/C12H10Cl2N2O2/c1-6(2)18-11(17)7-3-4-9-8(5-7)10(13)16-12(14)15-9/h3-6H,1-2H3. The summed E-state index contributed by atoms with van der Waals surface area (Å²) in [6, 6.07) is 4.87. The van der Waals surface area contributed by atoms with Crippen LogP contribution in [0, 0.1) is 0 Å². The molecule has 0 spiro atoms. The normalized spacial score (nSPS) is 10.9. The van der Waals surface area contributed by atoms with E-state index in [-0.39, 0.29) is 16.5 Å². The molecule has 2 rings (SSSR count). The van der Waals surface area contributed by atoms with Crippen molar-refractivity contribution < 1.29 is 9.53 Å². The lowest BCUT2D eigenvalue weighted by atomic mass is 10.1. The van der Waals surface area contributed by atoms with Crippen LogP contribution >= 0.6 is 23.2 Å². The highest BCUT2D eigenvalue weighted by molar-refractivity contribution is 6.35. The SMILES string of the molecule is CC(C)OC(=O)c1ccc2nc(Cl)nc(Cl)c2c1. The largest absolute Gasteiger partial charge is 0.459 e. The van der Waals surface area contributed by atoms with Gasteiger partial charge in [-0.15, -0.1) is 0 Å². The minimum Gasteiger partial charge on any atom is -0.459 e. The highest BCUT2D eigenvalue weighted by Gasteiger charge is 2.12. The van der Waals surface area contributed by atoms with Crippen molar-refractivity contribution in [2.75, 3.05) is 0 Å². The Bertz CT molecular complexity index is 614. The van der Waals surface area contributed by atoms with E-state index in [9.17, 15) is 4.79 Å². The van der Waals surface area contributed by atoms with Crippen molar-refractivity contribution in [3.8, 4) is 0 Å². The first-order valence-corrected chi connectivity index (χ1v) is 6.07. The van der Waals surface area contributed by atoms with Gasteiger partial charge in [-0.25, -0.2) is 14.8 Å². The van der Waals surface area contributed by atoms with Crippen LogP contribution < -0.4 is 0 Å². The molecule has 2 aromatic rings. The molecule has 18 heavy (non-hydrogen) atoms. The number of esters is 1. The Kier molecular flexibility index (Phi) is 3.68. The van der Waals surface area contributed by atoms with Crippen molar-refractivity contribution in [1.29, 1.82) is 0 Å². The lowest BCUT2D eigenvalue weighted by Gasteiger charge is -2.08. The van der Waals surface area contributed by atoms with E-state index in [0.29, 0.717) is 16.5 Å². The molecule has 1 heterocycles. The van der Waals surface area contributed by atoms with Gasteiger partial charge in [0.1, 0.15) is 5.15 Å². The molecule has 0 N–H and O–H groups in total. The Morgan fingerprint density at radius 3 is 2.67 bits per heavy atom. The first-order chi connectivity index (χ1) is 8.47. The predicted octanol–water partition coefficient (Wildman–Crippen LogP) is 3.50. The van der Waals surface area contributed by atoms with E-state index in [2.05, 4.69) is 9.97 Å². The van der Waals surface area contributed by atoms with Crippen LogP contribution in [-0.4, -0.2) is 22.0 Å². The number of aromatic nitrogens is 2. The van der Waals surface area contributed by atoms with Gasteiger partial charge in [-0.1, -0.05) is 11.6 Å². The van der Waals surface area contributed by atoms with Gasteiger partial charge in [0.05, 0.1) is 17.2 Å². The van der Waals surface area contributed by atoms with E-state index in [1.165, 1.54) is 0 Å². The molecular formula is C12H10Cl2N2O2. The molecule has 1 aromatic heterocycles. The number of ether oxygens (including phenoxy) is 1. The number of nitrogens with zero attached hydrogens (tertiary/aromatic N) is 2. The highest BCUT2D eigenvalue weighted by Crippen LogP contribution is 2.23. The van der Waals surface area contributed by atoms with Crippen LogP contribution in [0.4, 0.5) is 0 Å². The number of carbonyl (C=O) groups excluding carboxylic acids is 1. The van der Waals surface area contributed by atoms with Crippen LogP contribution in [0.15, 0.2) is 18.2 Å². The molecule has 0 atom stereocenters. The van der Waals surface area contributed by atoms with Gasteiger partial charge < -0.3 is 4.74 Å². The number of benzene rings is 1. The summed E-state index contributed by atoms with van der Waals surface area (Å²) in [7, 11) is 0. The molecule has 1 aromatic carbocycles. The summed E-state index contributed by atoms with van der Waals surface area (Å²) in [6.07, 6.45) is -0.176. The Morgan fingerprint density at radius 1 is 1.28 bits per heavy atom. The quantitative estimate of drug-likeness (QED) is 0.481. The molecule has 94 valence electrons. The van der Waals surface area contributed by atoms with Crippen molar-refractivity contribution in [3.05, 3.63) is 34.2 Å². The summed E-state index contributed by atoms with van der Waals surface area (Å²) < 4.78 is 5.10. The maximum atomic E-state index is 11.7. The summed E-state index contributed by atoms with van der Waals surface area (Å²) in [5.41, 5.74) is 0.991. The van der Waals surface area contributed by atoms with E-state index in [1.54, 1.807) is 32.0 Å². The summed E-state index contributed by atoms with van der Waals surface area (Å²) in [6.45, 7) is 3.57. The first kappa shape index (κ1) is 13.1. The second kappa shape index (κ2) is 5.08. The van der Waals surface area contributed by atoms with E-state index in [4.69, 9.17) is 27.9 Å². The van der Waals surface area contributed by atoms with Gasteiger partial charge in [0.15, 0.2) is 0 Å². The third-order valence-corrected chi connectivity index (χ3v) is 2.66. The topological polar surface area (TPSA) is 52.1 Å². The second-order valence-electron chi connectivity index (χ2n) is 3.97. The van der Waals surface area contributed by atoms with Gasteiger partial charge in [0.2, 0.25) is 5.28 Å². The van der Waals surface area contributed by atoms with E-state index < -0.39 is 5.97 Å². The van der Waals surface area contributed by atoms with Crippen molar-refractivity contribution in [2.24, 2.45) is 0 Å². The third kappa shape index (κ3) is 2.71. The zero-order chi connectivity index (χ0) is 13.3. The summed E-state index contributed by atoms with van der Waals surface area (Å²) in [4.78, 5) is 19.6. The van der Waals surface area contributed by atoms with Crippen molar-refractivity contribution in [2.45, 2.75) is 20.0 Å². The molecule has 0 fully saturated rings. The van der Waals surface area contributed by atoms with Crippen molar-refractivity contribution in [1.82, 2.24) is 9.97 Å². The van der Waals surface area contributed by atoms with Crippen LogP contribution in [-0.2, 0) is 4.74 Å². The third-order valence-electron chi connectivity index (χ3n) is 2.20. The molecule has 0 aliphatic heterocycles. The monoisotopic (exact) mass is 284 g/mol. The molecule has 0 radical (unpaired) electrons. The molecule has 0 amide bonds. The maximum Gasteiger partial charge on any atom is 0.338 e. The molecule has 0 aliphatic rings. The lowest BCUT2D eigenvalue weighted by Crippen LogP contribution is -2.11. The Balaban J connectivity index is 2.47. The molecule has 0 unspecified atom stereocenters. The van der Waals surface area contributed by atoms with E-state index in [1.807, 2.05) is 0 Å². The van der Waals surface area contributed by atoms with Gasteiger partial charge in [-0.2, -0.15) is 0 Å². The minimum absolute atomic E-state index is 0.0741. The Morgan fingerprint density at radius 2 is 2.00 bits per heavy atom. The first-order valence-electron chi connectivity index (χ1n) is 5.31.